The van der Waals surface area contributed by atoms with E-state index in [1.165, 1.54) is 24.3 Å². The van der Waals surface area contributed by atoms with E-state index < -0.39 is 24.0 Å². The van der Waals surface area contributed by atoms with Crippen LogP contribution in [0.1, 0.15) is 23.7 Å². The first-order valence-corrected chi connectivity index (χ1v) is 12.6. The van der Waals surface area contributed by atoms with Crippen LogP contribution in [0.4, 0.5) is 21.5 Å². The summed E-state index contributed by atoms with van der Waals surface area (Å²) in [5, 5.41) is 6.56. The Bertz CT molecular complexity index is 1530. The fourth-order valence-corrected chi connectivity index (χ4v) is 4.93. The molecule has 0 saturated carbocycles. The van der Waals surface area contributed by atoms with Crippen LogP contribution in [0.3, 0.4) is 0 Å². The number of nitrogens with zero attached hydrogens (tertiary/aromatic N) is 5. The fourth-order valence-electron chi connectivity index (χ4n) is 4.57. The molecule has 0 aliphatic carbocycles. The molecular formula is C26H23BrFN7O3. The molecule has 12 heteroatoms. The molecule has 1 aliphatic rings. The van der Waals surface area contributed by atoms with E-state index >= 15 is 0 Å². The van der Waals surface area contributed by atoms with Crippen LogP contribution in [0.15, 0.2) is 66.0 Å². The third-order valence-electron chi connectivity index (χ3n) is 6.26. The highest BCUT2D eigenvalue weighted by Crippen LogP contribution is 2.28. The number of Topliss-reactive ketones (excluding diaryl/α,β-unsaturated/α-hetero) is 1. The maximum Gasteiger partial charge on any atom is 0.247 e. The van der Waals surface area contributed by atoms with E-state index in [2.05, 4.69) is 41.5 Å². The average molecular weight is 580 g/mol. The van der Waals surface area contributed by atoms with Crippen molar-refractivity contribution in [3.8, 4) is 0 Å². The van der Waals surface area contributed by atoms with Crippen molar-refractivity contribution in [1.29, 1.82) is 0 Å². The molecule has 1 fully saturated rings. The van der Waals surface area contributed by atoms with Crippen molar-refractivity contribution >= 4 is 61.5 Å². The van der Waals surface area contributed by atoms with Gasteiger partial charge in [0, 0.05) is 45.4 Å². The number of pyridine rings is 1. The van der Waals surface area contributed by atoms with E-state index in [1.54, 1.807) is 41.5 Å². The second-order valence-corrected chi connectivity index (χ2v) is 9.90. The smallest absolute Gasteiger partial charge is 0.247 e. The van der Waals surface area contributed by atoms with Gasteiger partial charge in [0.2, 0.25) is 11.8 Å². The molecule has 2 amide bonds. The lowest BCUT2D eigenvalue weighted by Gasteiger charge is -2.24. The number of carbonyl (C=O) groups is 3. The van der Waals surface area contributed by atoms with Crippen LogP contribution in [0.25, 0.3) is 10.9 Å². The highest BCUT2D eigenvalue weighted by atomic mass is 79.9. The predicted octanol–water partition coefficient (Wildman–Crippen LogP) is 4.11. The summed E-state index contributed by atoms with van der Waals surface area (Å²) in [6, 6.07) is 6.14. The molecule has 0 radical (unpaired) electrons. The zero-order chi connectivity index (χ0) is 26.8. The summed E-state index contributed by atoms with van der Waals surface area (Å²) in [5.74, 6) is -1.07. The van der Waals surface area contributed by atoms with Gasteiger partial charge >= 0.3 is 0 Å². The standard InChI is InChI=1S/C26H23BrFN7O3/c1-15(36)22-12-34(23-3-2-18(6-21(22)23)32-20-9-30-14-31-10-20)13-25(37)35-11-17(28)5-24(35)26(38)33-19-4-16(27)7-29-8-19/h2-4,6-10,12,14,17,24,32H,5,11,13H2,1H3,(H,33,38). The Balaban J connectivity index is 1.38. The minimum Gasteiger partial charge on any atom is -0.353 e. The summed E-state index contributed by atoms with van der Waals surface area (Å²) in [4.78, 5) is 51.9. The van der Waals surface area contributed by atoms with Gasteiger partial charge < -0.3 is 20.1 Å². The Kier molecular flexibility index (Phi) is 7.14. The molecule has 2 N–H and O–H groups in total. The van der Waals surface area contributed by atoms with Crippen molar-refractivity contribution in [3.05, 3.63) is 71.6 Å². The molecule has 4 heterocycles. The molecule has 1 aromatic carbocycles. The van der Waals surface area contributed by atoms with Gasteiger partial charge in [0.1, 0.15) is 25.1 Å². The molecule has 0 spiro atoms. The number of amides is 2. The maximum absolute atomic E-state index is 14.4. The normalized spacial score (nSPS) is 17.0. The molecule has 3 aromatic heterocycles. The molecular weight excluding hydrogens is 557 g/mol. The van der Waals surface area contributed by atoms with E-state index in [0.717, 1.165) is 5.69 Å². The Labute approximate surface area is 225 Å². The Morgan fingerprint density at radius 1 is 1.05 bits per heavy atom. The SMILES string of the molecule is CC(=O)c1cn(CC(=O)N2CC(F)CC2C(=O)Nc2cncc(Br)c2)c2ccc(Nc3cncnc3)cc12. The van der Waals surface area contributed by atoms with Crippen molar-refractivity contribution in [2.45, 2.75) is 32.1 Å². The number of alkyl halides is 1. The molecule has 4 aromatic rings. The van der Waals surface area contributed by atoms with Gasteiger partial charge in [-0.25, -0.2) is 14.4 Å². The topological polar surface area (TPSA) is 122 Å². The quantitative estimate of drug-likeness (QED) is 0.316. The number of ketones is 1. The zero-order valence-electron chi connectivity index (χ0n) is 20.3. The molecule has 1 saturated heterocycles. The lowest BCUT2D eigenvalue weighted by molar-refractivity contribution is -0.137. The van der Waals surface area contributed by atoms with Gasteiger partial charge in [-0.05, 0) is 47.1 Å². The number of hydrogen-bond acceptors (Lipinski definition) is 7. The highest BCUT2D eigenvalue weighted by Gasteiger charge is 2.40. The highest BCUT2D eigenvalue weighted by molar-refractivity contribution is 9.10. The van der Waals surface area contributed by atoms with Gasteiger partial charge in [0.25, 0.3) is 0 Å². The van der Waals surface area contributed by atoms with Gasteiger partial charge in [-0.1, -0.05) is 0 Å². The molecule has 194 valence electrons. The summed E-state index contributed by atoms with van der Waals surface area (Å²) >= 11 is 3.30. The van der Waals surface area contributed by atoms with Gasteiger partial charge in [0.05, 0.1) is 36.5 Å². The number of hydrogen-bond donors (Lipinski definition) is 2. The van der Waals surface area contributed by atoms with Crippen LogP contribution in [0.2, 0.25) is 0 Å². The van der Waals surface area contributed by atoms with E-state index in [4.69, 9.17) is 0 Å². The van der Waals surface area contributed by atoms with E-state index in [1.807, 2.05) is 12.1 Å². The number of fused-ring (bicyclic) bond motifs is 1. The summed E-state index contributed by atoms with van der Waals surface area (Å²) < 4.78 is 16.7. The van der Waals surface area contributed by atoms with Gasteiger partial charge in [-0.2, -0.15) is 0 Å². The molecule has 0 bridgehead atoms. The number of nitrogens with one attached hydrogen (secondary N) is 2. The first-order valence-electron chi connectivity index (χ1n) is 11.8. The lowest BCUT2D eigenvalue weighted by Crippen LogP contribution is -2.44. The lowest BCUT2D eigenvalue weighted by atomic mass is 10.1. The molecule has 2 atom stereocenters. The van der Waals surface area contributed by atoms with Crippen LogP contribution < -0.4 is 10.6 Å². The van der Waals surface area contributed by atoms with Crippen LogP contribution in [0.5, 0.6) is 0 Å². The summed E-state index contributed by atoms with van der Waals surface area (Å²) in [5.41, 5.74) is 2.95. The second-order valence-electron chi connectivity index (χ2n) is 8.99. The van der Waals surface area contributed by atoms with Gasteiger partial charge in [-0.3, -0.25) is 19.4 Å². The maximum atomic E-state index is 14.4. The second kappa shape index (κ2) is 10.7. The largest absolute Gasteiger partial charge is 0.353 e. The molecule has 2 unspecified atom stereocenters. The number of rotatable bonds is 7. The number of halogens is 2. The van der Waals surface area contributed by atoms with Gasteiger partial charge in [-0.15, -0.1) is 0 Å². The summed E-state index contributed by atoms with van der Waals surface area (Å²) in [7, 11) is 0. The fraction of sp³-hybridized carbons (Fsp3) is 0.231. The van der Waals surface area contributed by atoms with Crippen LogP contribution in [0, 0.1) is 0 Å². The van der Waals surface area contributed by atoms with Crippen molar-refractivity contribution < 1.29 is 18.8 Å². The minimum atomic E-state index is -1.32. The number of likely N-dealkylation sites (tertiary alicyclic amines) is 1. The van der Waals surface area contributed by atoms with Crippen molar-refractivity contribution in [2.24, 2.45) is 0 Å². The van der Waals surface area contributed by atoms with E-state index in [0.29, 0.717) is 32.3 Å². The number of anilines is 3. The number of aromatic nitrogens is 4. The monoisotopic (exact) mass is 579 g/mol. The first kappa shape index (κ1) is 25.5. The predicted molar refractivity (Wildman–Crippen MR) is 143 cm³/mol. The Morgan fingerprint density at radius 3 is 2.55 bits per heavy atom. The van der Waals surface area contributed by atoms with Gasteiger partial charge in [0.15, 0.2) is 5.78 Å². The minimum absolute atomic E-state index is 0.0949. The Morgan fingerprint density at radius 2 is 1.82 bits per heavy atom. The molecule has 5 rings (SSSR count). The van der Waals surface area contributed by atoms with Crippen LogP contribution >= 0.6 is 15.9 Å². The van der Waals surface area contributed by atoms with E-state index in [-0.39, 0.29) is 25.3 Å². The van der Waals surface area contributed by atoms with Crippen LogP contribution in [-0.4, -0.2) is 60.8 Å². The van der Waals surface area contributed by atoms with Crippen molar-refractivity contribution in [3.63, 3.8) is 0 Å². The third kappa shape index (κ3) is 5.40. The average Bonchev–Trinajstić information content (AvgIpc) is 3.45. The molecule has 10 nitrogen and oxygen atoms in total. The third-order valence-corrected chi connectivity index (χ3v) is 6.69. The number of carbonyl (C=O) groups excluding carboxylic acids is 3. The van der Waals surface area contributed by atoms with E-state index in [9.17, 15) is 18.8 Å². The van der Waals surface area contributed by atoms with Crippen LogP contribution in [-0.2, 0) is 16.1 Å². The summed E-state index contributed by atoms with van der Waals surface area (Å²) in [6.07, 6.45) is 7.93. The first-order chi connectivity index (χ1) is 18.3. The zero-order valence-corrected chi connectivity index (χ0v) is 21.9. The summed E-state index contributed by atoms with van der Waals surface area (Å²) in [6.45, 7) is 1.12. The van der Waals surface area contributed by atoms with Crippen molar-refractivity contribution in [2.75, 3.05) is 17.2 Å². The number of benzene rings is 1. The van der Waals surface area contributed by atoms with Crippen molar-refractivity contribution in [1.82, 2.24) is 24.4 Å². The molecule has 38 heavy (non-hydrogen) atoms. The Hall–Kier alpha value is -4.19. The molecule has 1 aliphatic heterocycles.